The smallest absolute Gasteiger partial charge is 0.327 e. The van der Waals surface area contributed by atoms with Gasteiger partial charge in [-0.2, -0.15) is 0 Å². The Bertz CT molecular complexity index is 390. The van der Waals surface area contributed by atoms with Crippen LogP contribution in [-0.2, 0) is 9.53 Å². The predicted molar refractivity (Wildman–Crippen MR) is 50.6 cm³/mol. The van der Waals surface area contributed by atoms with Crippen molar-refractivity contribution in [1.82, 2.24) is 0 Å². The van der Waals surface area contributed by atoms with E-state index in [0.717, 1.165) is 5.56 Å². The van der Waals surface area contributed by atoms with Crippen molar-refractivity contribution in [2.24, 2.45) is 11.7 Å². The Kier molecular flexibility index (Phi) is 1.35. The van der Waals surface area contributed by atoms with E-state index in [4.69, 9.17) is 10.5 Å². The minimum absolute atomic E-state index is 0.171. The van der Waals surface area contributed by atoms with E-state index in [9.17, 15) is 4.79 Å². The maximum atomic E-state index is 11.4. The van der Waals surface area contributed by atoms with Crippen LogP contribution in [0, 0.1) is 5.92 Å². The quantitative estimate of drug-likeness (QED) is 0.660. The van der Waals surface area contributed by atoms with Crippen LogP contribution in [0.2, 0.25) is 0 Å². The van der Waals surface area contributed by atoms with Gasteiger partial charge in [-0.25, -0.2) is 0 Å². The van der Waals surface area contributed by atoms with Gasteiger partial charge < -0.3 is 10.5 Å². The van der Waals surface area contributed by atoms with Gasteiger partial charge in [0.05, 0.1) is 6.61 Å². The van der Waals surface area contributed by atoms with E-state index >= 15 is 0 Å². The number of cyclic esters (lactones) is 1. The first-order chi connectivity index (χ1) is 6.74. The second-order valence-corrected chi connectivity index (χ2v) is 4.03. The molecule has 2 N–H and O–H groups in total. The lowest BCUT2D eigenvalue weighted by atomic mass is 10.1. The third-order valence-electron chi connectivity index (χ3n) is 3.33. The third-order valence-corrected chi connectivity index (χ3v) is 3.33. The molecule has 2 aliphatic rings. The minimum Gasteiger partial charge on any atom is -0.464 e. The van der Waals surface area contributed by atoms with E-state index in [1.807, 2.05) is 30.3 Å². The van der Waals surface area contributed by atoms with E-state index in [-0.39, 0.29) is 17.8 Å². The summed E-state index contributed by atoms with van der Waals surface area (Å²) in [5, 5.41) is 0. The fourth-order valence-corrected chi connectivity index (χ4v) is 2.45. The monoisotopic (exact) mass is 189 g/mol. The number of hydrogen-bond donors (Lipinski definition) is 1. The summed E-state index contributed by atoms with van der Waals surface area (Å²) >= 11 is 0. The number of carbonyl (C=O) groups excluding carboxylic acids is 1. The van der Waals surface area contributed by atoms with Crippen LogP contribution in [0.25, 0.3) is 0 Å². The van der Waals surface area contributed by atoms with Crippen LogP contribution in [0.15, 0.2) is 30.3 Å². The van der Waals surface area contributed by atoms with Gasteiger partial charge in [0.2, 0.25) is 0 Å². The number of fused-ring (bicyclic) bond motifs is 1. The Morgan fingerprint density at radius 1 is 1.36 bits per heavy atom. The summed E-state index contributed by atoms with van der Waals surface area (Å²) in [6.07, 6.45) is 0. The molecular weight excluding hydrogens is 178 g/mol. The Hall–Kier alpha value is -1.35. The summed E-state index contributed by atoms with van der Waals surface area (Å²) in [7, 11) is 0. The Morgan fingerprint density at radius 2 is 2.07 bits per heavy atom. The van der Waals surface area contributed by atoms with Gasteiger partial charge in [0, 0.05) is 11.8 Å². The Labute approximate surface area is 81.9 Å². The predicted octanol–water partition coefficient (Wildman–Crippen LogP) is 0.654. The molecule has 0 amide bonds. The van der Waals surface area contributed by atoms with Gasteiger partial charge in [0.1, 0.15) is 5.54 Å². The normalized spacial score (nSPS) is 39.1. The minimum atomic E-state index is -0.721. The fourth-order valence-electron chi connectivity index (χ4n) is 2.45. The molecule has 0 spiro atoms. The molecule has 3 atom stereocenters. The van der Waals surface area contributed by atoms with Crippen LogP contribution in [-0.4, -0.2) is 18.1 Å². The molecule has 0 bridgehead atoms. The highest BCUT2D eigenvalue weighted by atomic mass is 16.5. The maximum Gasteiger partial charge on any atom is 0.327 e. The van der Waals surface area contributed by atoms with Crippen molar-refractivity contribution in [2.45, 2.75) is 11.5 Å². The summed E-state index contributed by atoms with van der Waals surface area (Å²) in [6.45, 7) is 0.481. The summed E-state index contributed by atoms with van der Waals surface area (Å²) in [5.41, 5.74) is 6.43. The van der Waals surface area contributed by atoms with Crippen molar-refractivity contribution in [2.75, 3.05) is 6.61 Å². The Balaban J connectivity index is 1.96. The fraction of sp³-hybridized carbons (Fsp3) is 0.364. The van der Waals surface area contributed by atoms with E-state index in [1.165, 1.54) is 0 Å². The molecule has 2 fully saturated rings. The van der Waals surface area contributed by atoms with Crippen LogP contribution in [0.1, 0.15) is 11.5 Å². The molecule has 1 aliphatic carbocycles. The molecule has 72 valence electrons. The molecule has 0 unspecified atom stereocenters. The number of esters is 1. The number of hydrogen-bond acceptors (Lipinski definition) is 3. The topological polar surface area (TPSA) is 52.3 Å². The SMILES string of the molecule is N[C@@]12C(=O)OC[C@@H]1[C@@H]2c1ccccc1. The van der Waals surface area contributed by atoms with E-state index in [2.05, 4.69) is 0 Å². The molecule has 14 heavy (non-hydrogen) atoms. The lowest BCUT2D eigenvalue weighted by Gasteiger charge is -2.07. The molecule has 3 heteroatoms. The maximum absolute atomic E-state index is 11.4. The second-order valence-electron chi connectivity index (χ2n) is 4.03. The lowest BCUT2D eigenvalue weighted by Crippen LogP contribution is -2.33. The molecule has 1 aromatic carbocycles. The number of rotatable bonds is 1. The zero-order valence-corrected chi connectivity index (χ0v) is 7.64. The number of nitrogens with two attached hydrogens (primary N) is 1. The first-order valence-electron chi connectivity index (χ1n) is 4.75. The van der Waals surface area contributed by atoms with Gasteiger partial charge in [0.15, 0.2) is 0 Å². The van der Waals surface area contributed by atoms with Crippen molar-refractivity contribution in [3.8, 4) is 0 Å². The largest absolute Gasteiger partial charge is 0.464 e. The molecule has 0 aromatic heterocycles. The van der Waals surface area contributed by atoms with E-state index < -0.39 is 5.54 Å². The molecule has 1 saturated carbocycles. The van der Waals surface area contributed by atoms with Crippen molar-refractivity contribution in [1.29, 1.82) is 0 Å². The highest BCUT2D eigenvalue weighted by Crippen LogP contribution is 2.59. The van der Waals surface area contributed by atoms with Gasteiger partial charge in [-0.05, 0) is 5.56 Å². The van der Waals surface area contributed by atoms with Crippen LogP contribution >= 0.6 is 0 Å². The molecular formula is C11H11NO2. The first-order valence-corrected chi connectivity index (χ1v) is 4.75. The average molecular weight is 189 g/mol. The van der Waals surface area contributed by atoms with Crippen LogP contribution in [0.4, 0.5) is 0 Å². The molecule has 0 radical (unpaired) electrons. The van der Waals surface area contributed by atoms with Gasteiger partial charge in [0.25, 0.3) is 0 Å². The summed E-state index contributed by atoms with van der Waals surface area (Å²) < 4.78 is 4.91. The third kappa shape index (κ3) is 0.780. The highest BCUT2D eigenvalue weighted by Gasteiger charge is 2.72. The summed E-state index contributed by atoms with van der Waals surface area (Å²) in [6, 6.07) is 9.94. The van der Waals surface area contributed by atoms with Crippen molar-refractivity contribution >= 4 is 5.97 Å². The number of carbonyl (C=O) groups is 1. The average Bonchev–Trinajstić information content (AvgIpc) is 2.72. The summed E-state index contributed by atoms with van der Waals surface area (Å²) in [4.78, 5) is 11.4. The number of benzene rings is 1. The molecule has 1 saturated heterocycles. The van der Waals surface area contributed by atoms with E-state index in [1.54, 1.807) is 0 Å². The standard InChI is InChI=1S/C11H11NO2/c12-11-8(6-14-10(11)13)9(11)7-4-2-1-3-5-7/h1-5,8-9H,6,12H2/t8-,9+,11+/m1/s1. The Morgan fingerprint density at radius 3 is 2.64 bits per heavy atom. The number of ether oxygens (including phenoxy) is 1. The van der Waals surface area contributed by atoms with Crippen LogP contribution in [0.3, 0.4) is 0 Å². The van der Waals surface area contributed by atoms with Gasteiger partial charge >= 0.3 is 5.97 Å². The lowest BCUT2D eigenvalue weighted by molar-refractivity contribution is -0.142. The van der Waals surface area contributed by atoms with Crippen molar-refractivity contribution < 1.29 is 9.53 Å². The molecule has 1 aromatic rings. The molecule has 1 heterocycles. The van der Waals surface area contributed by atoms with E-state index in [0.29, 0.717) is 6.61 Å². The molecule has 3 rings (SSSR count). The first kappa shape index (κ1) is 8.00. The van der Waals surface area contributed by atoms with Gasteiger partial charge in [-0.3, -0.25) is 4.79 Å². The molecule has 3 nitrogen and oxygen atoms in total. The highest BCUT2D eigenvalue weighted by molar-refractivity contribution is 5.90. The van der Waals surface area contributed by atoms with Gasteiger partial charge in [-0.15, -0.1) is 0 Å². The van der Waals surface area contributed by atoms with Crippen LogP contribution < -0.4 is 5.73 Å². The van der Waals surface area contributed by atoms with Crippen molar-refractivity contribution in [3.63, 3.8) is 0 Å². The van der Waals surface area contributed by atoms with Crippen molar-refractivity contribution in [3.05, 3.63) is 35.9 Å². The zero-order chi connectivity index (χ0) is 9.76. The second kappa shape index (κ2) is 2.36. The molecule has 1 aliphatic heterocycles. The van der Waals surface area contributed by atoms with Crippen LogP contribution in [0.5, 0.6) is 0 Å². The zero-order valence-electron chi connectivity index (χ0n) is 7.64. The van der Waals surface area contributed by atoms with Gasteiger partial charge in [-0.1, -0.05) is 30.3 Å². The summed E-state index contributed by atoms with van der Waals surface area (Å²) in [5.74, 6) is 0.124.